The maximum atomic E-state index is 10.7. The first-order valence-electron chi connectivity index (χ1n) is 3.91. The Morgan fingerprint density at radius 1 is 1.58 bits per heavy atom. The van der Waals surface area contributed by atoms with E-state index in [9.17, 15) is 9.90 Å². The molecule has 0 aromatic heterocycles. The summed E-state index contributed by atoms with van der Waals surface area (Å²) in [7, 11) is 0. The number of aliphatic hydroxyl groups is 3. The molecule has 1 fully saturated rings. The van der Waals surface area contributed by atoms with Crippen LogP contribution in [0.1, 0.15) is 12.8 Å². The van der Waals surface area contributed by atoms with Crippen LogP contribution in [0.15, 0.2) is 0 Å². The summed E-state index contributed by atoms with van der Waals surface area (Å²) in [5.74, 6) is -0.121. The average Bonchev–Trinajstić information content (AvgIpc) is 2.49. The standard InChI is InChI=1S/C7H13NO4/c9-3-5(10)7(12)4-1-2-6(11)8-4/h4-5,7,9-10,12H,1-3H2,(H,8,11)/t4-,5-,7+/m0/s1. The summed E-state index contributed by atoms with van der Waals surface area (Å²) in [5.41, 5.74) is 0. The number of carbonyl (C=O) groups is 1. The van der Waals surface area contributed by atoms with Crippen molar-refractivity contribution in [3.05, 3.63) is 0 Å². The third-order valence-corrected chi connectivity index (χ3v) is 2.02. The van der Waals surface area contributed by atoms with E-state index < -0.39 is 24.9 Å². The Hall–Kier alpha value is -0.650. The van der Waals surface area contributed by atoms with Gasteiger partial charge in [0.1, 0.15) is 12.2 Å². The molecule has 0 saturated carbocycles. The number of hydrogen-bond donors (Lipinski definition) is 4. The molecule has 0 aromatic rings. The smallest absolute Gasteiger partial charge is 0.220 e. The van der Waals surface area contributed by atoms with Gasteiger partial charge in [0.05, 0.1) is 12.6 Å². The molecule has 4 N–H and O–H groups in total. The highest BCUT2D eigenvalue weighted by Crippen LogP contribution is 2.12. The summed E-state index contributed by atoms with van der Waals surface area (Å²) in [6.07, 6.45) is -1.36. The van der Waals surface area contributed by atoms with Gasteiger partial charge in [-0.25, -0.2) is 0 Å². The number of hydrogen-bond acceptors (Lipinski definition) is 4. The topological polar surface area (TPSA) is 89.8 Å². The number of aliphatic hydroxyl groups excluding tert-OH is 3. The Morgan fingerprint density at radius 3 is 2.67 bits per heavy atom. The van der Waals surface area contributed by atoms with Gasteiger partial charge in [0, 0.05) is 6.42 Å². The summed E-state index contributed by atoms with van der Waals surface area (Å²) in [5, 5.41) is 29.3. The maximum absolute atomic E-state index is 10.7. The third-order valence-electron chi connectivity index (χ3n) is 2.02. The van der Waals surface area contributed by atoms with Crippen LogP contribution in [0.3, 0.4) is 0 Å². The molecule has 0 aliphatic carbocycles. The zero-order chi connectivity index (χ0) is 9.14. The van der Waals surface area contributed by atoms with Gasteiger partial charge in [-0.1, -0.05) is 0 Å². The lowest BCUT2D eigenvalue weighted by Gasteiger charge is -2.21. The minimum Gasteiger partial charge on any atom is -0.394 e. The van der Waals surface area contributed by atoms with E-state index in [-0.39, 0.29) is 5.91 Å². The van der Waals surface area contributed by atoms with Crippen molar-refractivity contribution >= 4 is 5.91 Å². The third kappa shape index (κ3) is 1.94. The molecular formula is C7H13NO4. The van der Waals surface area contributed by atoms with Crippen molar-refractivity contribution in [2.45, 2.75) is 31.1 Å². The molecule has 0 unspecified atom stereocenters. The molecule has 3 atom stereocenters. The van der Waals surface area contributed by atoms with E-state index in [0.717, 1.165) is 0 Å². The lowest BCUT2D eigenvalue weighted by Crippen LogP contribution is -2.45. The molecule has 12 heavy (non-hydrogen) atoms. The predicted molar refractivity (Wildman–Crippen MR) is 40.3 cm³/mol. The van der Waals surface area contributed by atoms with E-state index >= 15 is 0 Å². The molecule has 1 amide bonds. The van der Waals surface area contributed by atoms with Crippen molar-refractivity contribution in [2.24, 2.45) is 0 Å². The Bertz CT molecular complexity index is 173. The Balaban J connectivity index is 2.42. The van der Waals surface area contributed by atoms with Gasteiger partial charge in [-0.3, -0.25) is 4.79 Å². The van der Waals surface area contributed by atoms with E-state index in [1.54, 1.807) is 0 Å². The second kappa shape index (κ2) is 3.84. The molecule has 5 nitrogen and oxygen atoms in total. The van der Waals surface area contributed by atoms with Crippen molar-refractivity contribution in [3.63, 3.8) is 0 Å². The van der Waals surface area contributed by atoms with Gasteiger partial charge in [0.15, 0.2) is 0 Å². The van der Waals surface area contributed by atoms with Crippen LogP contribution in [-0.4, -0.2) is 46.1 Å². The molecule has 1 saturated heterocycles. The first-order valence-corrected chi connectivity index (χ1v) is 3.91. The summed E-state index contributed by atoms with van der Waals surface area (Å²) in [4.78, 5) is 10.7. The van der Waals surface area contributed by atoms with Gasteiger partial charge < -0.3 is 20.6 Å². The molecule has 0 radical (unpaired) electrons. The fourth-order valence-corrected chi connectivity index (χ4v) is 1.27. The Morgan fingerprint density at radius 2 is 2.25 bits per heavy atom. The zero-order valence-corrected chi connectivity index (χ0v) is 6.60. The Labute approximate surface area is 70.0 Å². The van der Waals surface area contributed by atoms with E-state index in [4.69, 9.17) is 10.2 Å². The summed E-state index contributed by atoms with van der Waals surface area (Å²) in [6, 6.07) is -0.417. The van der Waals surface area contributed by atoms with E-state index in [2.05, 4.69) is 5.32 Å². The van der Waals surface area contributed by atoms with Crippen LogP contribution < -0.4 is 5.32 Å². The number of amides is 1. The predicted octanol–water partition coefficient (Wildman–Crippen LogP) is -2.02. The van der Waals surface area contributed by atoms with Crippen molar-refractivity contribution in [2.75, 3.05) is 6.61 Å². The van der Waals surface area contributed by atoms with Crippen LogP contribution in [0.5, 0.6) is 0 Å². The van der Waals surface area contributed by atoms with Crippen molar-refractivity contribution in [3.8, 4) is 0 Å². The summed E-state index contributed by atoms with van der Waals surface area (Å²) < 4.78 is 0. The largest absolute Gasteiger partial charge is 0.394 e. The van der Waals surface area contributed by atoms with Crippen LogP contribution >= 0.6 is 0 Å². The van der Waals surface area contributed by atoms with Crippen LogP contribution in [0.2, 0.25) is 0 Å². The van der Waals surface area contributed by atoms with Gasteiger partial charge in [-0.2, -0.15) is 0 Å². The molecule has 1 aliphatic rings. The highest BCUT2D eigenvalue weighted by Gasteiger charge is 2.31. The van der Waals surface area contributed by atoms with Crippen molar-refractivity contribution < 1.29 is 20.1 Å². The normalized spacial score (nSPS) is 28.2. The van der Waals surface area contributed by atoms with Gasteiger partial charge >= 0.3 is 0 Å². The Kier molecular flexibility index (Phi) is 3.02. The van der Waals surface area contributed by atoms with Gasteiger partial charge in [0.2, 0.25) is 5.91 Å². The molecule has 1 aliphatic heterocycles. The second-order valence-electron chi connectivity index (χ2n) is 2.95. The lowest BCUT2D eigenvalue weighted by molar-refractivity contribution is -0.120. The molecule has 0 bridgehead atoms. The lowest BCUT2D eigenvalue weighted by atomic mass is 10.0. The number of rotatable bonds is 3. The fourth-order valence-electron chi connectivity index (χ4n) is 1.27. The van der Waals surface area contributed by atoms with Crippen LogP contribution in [0, 0.1) is 0 Å². The van der Waals surface area contributed by atoms with Gasteiger partial charge in [-0.15, -0.1) is 0 Å². The first-order chi connectivity index (χ1) is 5.65. The summed E-state index contributed by atoms with van der Waals surface area (Å²) >= 11 is 0. The molecule has 1 heterocycles. The molecule has 0 spiro atoms. The van der Waals surface area contributed by atoms with Crippen LogP contribution in [0.25, 0.3) is 0 Å². The SMILES string of the molecule is O=C1CC[C@@H]([C@@H](O)[C@@H](O)CO)N1. The number of nitrogens with one attached hydrogen (secondary N) is 1. The molecule has 1 rings (SSSR count). The first kappa shape index (κ1) is 9.44. The second-order valence-corrected chi connectivity index (χ2v) is 2.95. The van der Waals surface area contributed by atoms with E-state index in [1.807, 2.05) is 0 Å². The highest BCUT2D eigenvalue weighted by atomic mass is 16.4. The molecule has 70 valence electrons. The molecule has 0 aromatic carbocycles. The van der Waals surface area contributed by atoms with Crippen molar-refractivity contribution in [1.29, 1.82) is 0 Å². The monoisotopic (exact) mass is 175 g/mol. The van der Waals surface area contributed by atoms with Crippen LogP contribution in [0.4, 0.5) is 0 Å². The summed E-state index contributed by atoms with van der Waals surface area (Å²) in [6.45, 7) is -0.493. The highest BCUT2D eigenvalue weighted by molar-refractivity contribution is 5.78. The molecule has 5 heteroatoms. The molecular weight excluding hydrogens is 162 g/mol. The number of carbonyl (C=O) groups excluding carboxylic acids is 1. The van der Waals surface area contributed by atoms with Crippen LogP contribution in [-0.2, 0) is 4.79 Å². The van der Waals surface area contributed by atoms with Gasteiger partial charge in [-0.05, 0) is 6.42 Å². The minimum atomic E-state index is -1.17. The van der Waals surface area contributed by atoms with E-state index in [0.29, 0.717) is 12.8 Å². The van der Waals surface area contributed by atoms with E-state index in [1.165, 1.54) is 0 Å². The average molecular weight is 175 g/mol. The zero-order valence-electron chi connectivity index (χ0n) is 6.60. The van der Waals surface area contributed by atoms with Gasteiger partial charge in [0.25, 0.3) is 0 Å². The quantitative estimate of drug-likeness (QED) is 0.398. The van der Waals surface area contributed by atoms with Crippen molar-refractivity contribution in [1.82, 2.24) is 5.32 Å². The fraction of sp³-hybridized carbons (Fsp3) is 0.857. The maximum Gasteiger partial charge on any atom is 0.220 e. The minimum absolute atomic E-state index is 0.121.